The second-order valence-electron chi connectivity index (χ2n) is 5.06. The summed E-state index contributed by atoms with van der Waals surface area (Å²) >= 11 is 0. The average molecular weight is 246 g/mol. The second-order valence-corrected chi connectivity index (χ2v) is 7.39. The fourth-order valence-electron chi connectivity index (χ4n) is 2.97. The molecule has 0 radical (unpaired) electrons. The van der Waals surface area contributed by atoms with Crippen molar-refractivity contribution in [3.63, 3.8) is 0 Å². The van der Waals surface area contributed by atoms with Crippen molar-refractivity contribution in [2.24, 2.45) is 5.73 Å². The van der Waals surface area contributed by atoms with Gasteiger partial charge >= 0.3 is 0 Å². The number of hydrogen-bond acceptors (Lipinski definition) is 3. The number of rotatable bonds is 3. The molecule has 0 aromatic heterocycles. The van der Waals surface area contributed by atoms with Crippen LogP contribution in [0.1, 0.15) is 44.9 Å². The Morgan fingerprint density at radius 2 is 1.56 bits per heavy atom. The van der Waals surface area contributed by atoms with Gasteiger partial charge in [0.25, 0.3) is 0 Å². The molecule has 5 heteroatoms. The third-order valence-corrected chi connectivity index (χ3v) is 6.80. The molecule has 2 aliphatic rings. The van der Waals surface area contributed by atoms with Crippen LogP contribution in [0, 0.1) is 0 Å². The largest absolute Gasteiger partial charge is 0.329 e. The molecule has 16 heavy (non-hydrogen) atoms. The second kappa shape index (κ2) is 4.63. The average Bonchev–Trinajstić information content (AvgIpc) is 2.84. The normalized spacial score (nSPS) is 27.1. The number of hydrogen-bond donors (Lipinski definition) is 1. The van der Waals surface area contributed by atoms with Gasteiger partial charge in [0, 0.05) is 19.6 Å². The fraction of sp³-hybridized carbons (Fsp3) is 1.00. The lowest BCUT2D eigenvalue weighted by Gasteiger charge is -2.38. The SMILES string of the molecule is NCC1(S(=O)(=O)N2CCCC2)CCCCC1. The number of nitrogens with two attached hydrogens (primary N) is 1. The Morgan fingerprint density at radius 1 is 1.00 bits per heavy atom. The van der Waals surface area contributed by atoms with E-state index < -0.39 is 14.8 Å². The molecular weight excluding hydrogens is 224 g/mol. The van der Waals surface area contributed by atoms with Crippen LogP contribution in [0.5, 0.6) is 0 Å². The van der Waals surface area contributed by atoms with E-state index in [1.54, 1.807) is 4.31 Å². The van der Waals surface area contributed by atoms with Crippen LogP contribution in [0.25, 0.3) is 0 Å². The minimum Gasteiger partial charge on any atom is -0.329 e. The van der Waals surface area contributed by atoms with Crippen molar-refractivity contribution in [2.45, 2.75) is 49.7 Å². The Balaban J connectivity index is 2.24. The van der Waals surface area contributed by atoms with Crippen molar-refractivity contribution in [1.29, 1.82) is 0 Å². The van der Waals surface area contributed by atoms with E-state index in [0.717, 1.165) is 44.9 Å². The van der Waals surface area contributed by atoms with Gasteiger partial charge in [0.05, 0.1) is 4.75 Å². The molecule has 0 aromatic rings. The van der Waals surface area contributed by atoms with Crippen LogP contribution in [-0.2, 0) is 10.0 Å². The molecule has 1 saturated carbocycles. The van der Waals surface area contributed by atoms with Crippen LogP contribution in [0.2, 0.25) is 0 Å². The van der Waals surface area contributed by atoms with E-state index in [1.807, 2.05) is 0 Å². The highest BCUT2D eigenvalue weighted by Crippen LogP contribution is 2.37. The summed E-state index contributed by atoms with van der Waals surface area (Å²) in [6.07, 6.45) is 6.66. The molecule has 2 rings (SSSR count). The summed E-state index contributed by atoms with van der Waals surface area (Å²) in [5, 5.41) is 0. The Bertz CT molecular complexity index is 328. The van der Waals surface area contributed by atoms with Crippen LogP contribution in [-0.4, -0.2) is 37.1 Å². The van der Waals surface area contributed by atoms with Crippen molar-refractivity contribution in [3.8, 4) is 0 Å². The van der Waals surface area contributed by atoms with E-state index in [0.29, 0.717) is 13.1 Å². The Kier molecular flexibility index (Phi) is 3.56. The first kappa shape index (κ1) is 12.3. The molecule has 0 spiro atoms. The zero-order chi connectivity index (χ0) is 11.6. The highest BCUT2D eigenvalue weighted by molar-refractivity contribution is 7.90. The molecule has 1 saturated heterocycles. The van der Waals surface area contributed by atoms with Crippen LogP contribution >= 0.6 is 0 Å². The first-order valence-electron chi connectivity index (χ1n) is 6.32. The maximum absolute atomic E-state index is 12.6. The van der Waals surface area contributed by atoms with Crippen molar-refractivity contribution < 1.29 is 8.42 Å². The van der Waals surface area contributed by atoms with Crippen molar-refractivity contribution in [2.75, 3.05) is 19.6 Å². The van der Waals surface area contributed by atoms with Gasteiger partial charge in [-0.2, -0.15) is 0 Å². The first-order chi connectivity index (χ1) is 7.62. The van der Waals surface area contributed by atoms with Gasteiger partial charge < -0.3 is 5.73 Å². The van der Waals surface area contributed by atoms with E-state index in [9.17, 15) is 8.42 Å². The maximum atomic E-state index is 12.6. The molecule has 0 bridgehead atoms. The lowest BCUT2D eigenvalue weighted by atomic mass is 9.88. The summed E-state index contributed by atoms with van der Waals surface area (Å²) in [4.78, 5) is 0. The highest BCUT2D eigenvalue weighted by atomic mass is 32.2. The number of sulfonamides is 1. The highest BCUT2D eigenvalue weighted by Gasteiger charge is 2.47. The molecule has 0 unspecified atom stereocenters. The van der Waals surface area contributed by atoms with Gasteiger partial charge in [-0.05, 0) is 25.7 Å². The Morgan fingerprint density at radius 3 is 2.06 bits per heavy atom. The van der Waals surface area contributed by atoms with Gasteiger partial charge in [0.15, 0.2) is 0 Å². The molecule has 2 N–H and O–H groups in total. The van der Waals surface area contributed by atoms with Gasteiger partial charge in [0.1, 0.15) is 0 Å². The summed E-state index contributed by atoms with van der Waals surface area (Å²) in [5.74, 6) is 0. The minimum absolute atomic E-state index is 0.284. The molecule has 1 heterocycles. The first-order valence-corrected chi connectivity index (χ1v) is 7.76. The standard InChI is InChI=1S/C11H22N2O2S/c12-10-11(6-2-1-3-7-11)16(14,15)13-8-4-5-9-13/h1-10,12H2. The lowest BCUT2D eigenvalue weighted by molar-refractivity contribution is 0.350. The van der Waals surface area contributed by atoms with Gasteiger partial charge in [-0.25, -0.2) is 12.7 Å². The van der Waals surface area contributed by atoms with E-state index in [2.05, 4.69) is 0 Å². The van der Waals surface area contributed by atoms with Crippen molar-refractivity contribution in [3.05, 3.63) is 0 Å². The molecule has 1 aliphatic heterocycles. The van der Waals surface area contributed by atoms with Crippen molar-refractivity contribution in [1.82, 2.24) is 4.31 Å². The van der Waals surface area contributed by atoms with Crippen LogP contribution in [0.3, 0.4) is 0 Å². The summed E-state index contributed by atoms with van der Waals surface area (Å²) in [6.45, 7) is 1.68. The summed E-state index contributed by atoms with van der Waals surface area (Å²) in [6, 6.07) is 0. The number of nitrogens with zero attached hydrogens (tertiary/aromatic N) is 1. The molecular formula is C11H22N2O2S. The van der Waals surface area contributed by atoms with Crippen molar-refractivity contribution >= 4 is 10.0 Å². The predicted molar refractivity (Wildman–Crippen MR) is 64.6 cm³/mol. The summed E-state index contributed by atoms with van der Waals surface area (Å²) in [7, 11) is -3.17. The van der Waals surface area contributed by atoms with Crippen LogP contribution < -0.4 is 5.73 Å². The van der Waals surface area contributed by atoms with Gasteiger partial charge in [-0.1, -0.05) is 19.3 Å². The van der Waals surface area contributed by atoms with E-state index in [-0.39, 0.29) is 6.54 Å². The molecule has 4 nitrogen and oxygen atoms in total. The quantitative estimate of drug-likeness (QED) is 0.810. The molecule has 94 valence electrons. The third kappa shape index (κ3) is 1.89. The predicted octanol–water partition coefficient (Wildman–Crippen LogP) is 1.07. The zero-order valence-electron chi connectivity index (χ0n) is 9.82. The van der Waals surface area contributed by atoms with Crippen LogP contribution in [0.15, 0.2) is 0 Å². The third-order valence-electron chi connectivity index (χ3n) is 4.09. The van der Waals surface area contributed by atoms with E-state index in [1.165, 1.54) is 0 Å². The molecule has 2 fully saturated rings. The molecule has 0 atom stereocenters. The summed E-state index contributed by atoms with van der Waals surface area (Å²) < 4.78 is 26.2. The topological polar surface area (TPSA) is 63.4 Å². The van der Waals surface area contributed by atoms with Gasteiger partial charge in [-0.3, -0.25) is 0 Å². The maximum Gasteiger partial charge on any atom is 0.221 e. The van der Waals surface area contributed by atoms with Gasteiger partial charge in [-0.15, -0.1) is 0 Å². The summed E-state index contributed by atoms with van der Waals surface area (Å²) in [5.41, 5.74) is 5.79. The smallest absolute Gasteiger partial charge is 0.221 e. The molecule has 1 aliphatic carbocycles. The molecule has 0 amide bonds. The van der Waals surface area contributed by atoms with Gasteiger partial charge in [0.2, 0.25) is 10.0 Å². The fourth-order valence-corrected chi connectivity index (χ4v) is 5.27. The van der Waals surface area contributed by atoms with Crippen LogP contribution in [0.4, 0.5) is 0 Å². The Labute approximate surface area is 98.2 Å². The van der Waals surface area contributed by atoms with E-state index in [4.69, 9.17) is 5.73 Å². The molecule has 0 aromatic carbocycles. The Hall–Kier alpha value is -0.130. The lowest BCUT2D eigenvalue weighted by Crippen LogP contribution is -2.53. The monoisotopic (exact) mass is 246 g/mol. The van der Waals surface area contributed by atoms with E-state index >= 15 is 0 Å². The zero-order valence-corrected chi connectivity index (χ0v) is 10.6. The minimum atomic E-state index is -3.17.